The van der Waals surface area contributed by atoms with E-state index in [1.165, 1.54) is 0 Å². The topological polar surface area (TPSA) is 79.4 Å². The van der Waals surface area contributed by atoms with Gasteiger partial charge in [0.15, 0.2) is 0 Å². The summed E-state index contributed by atoms with van der Waals surface area (Å²) in [5.41, 5.74) is 0.846. The zero-order valence-electron chi connectivity index (χ0n) is 16.3. The summed E-state index contributed by atoms with van der Waals surface area (Å²) in [5, 5.41) is 6.33. The van der Waals surface area contributed by atoms with Crippen molar-refractivity contribution in [2.24, 2.45) is 0 Å². The van der Waals surface area contributed by atoms with Crippen LogP contribution in [0.25, 0.3) is 0 Å². The van der Waals surface area contributed by atoms with Gasteiger partial charge in [0.1, 0.15) is 12.4 Å². The third-order valence-corrected chi connectivity index (χ3v) is 3.95. The molecule has 7 heteroatoms. The molecule has 1 aromatic heterocycles. The fourth-order valence-electron chi connectivity index (χ4n) is 2.55. The summed E-state index contributed by atoms with van der Waals surface area (Å²) in [6.45, 7) is 14.0. The highest BCUT2D eigenvalue weighted by molar-refractivity contribution is 5.74. The van der Waals surface area contributed by atoms with Crippen LogP contribution in [-0.2, 0) is 9.53 Å². The van der Waals surface area contributed by atoms with Gasteiger partial charge in [0.25, 0.3) is 0 Å². The maximum absolute atomic E-state index is 11.4. The molecule has 142 valence electrons. The number of carbonyl (C=O) groups excluding carboxylic acids is 1. The molecule has 0 radical (unpaired) electrons. The van der Waals surface area contributed by atoms with Crippen LogP contribution in [0.1, 0.15) is 46.2 Å². The third kappa shape index (κ3) is 8.67. The van der Waals surface area contributed by atoms with Crippen molar-refractivity contribution < 1.29 is 9.53 Å². The van der Waals surface area contributed by atoms with Gasteiger partial charge in [0.2, 0.25) is 5.95 Å². The molecule has 1 atom stereocenters. The zero-order valence-corrected chi connectivity index (χ0v) is 16.3. The molecule has 0 bridgehead atoms. The molecular weight excluding hydrogens is 318 g/mol. The maximum Gasteiger partial charge on any atom is 0.325 e. The number of carbonyl (C=O) groups is 1. The summed E-state index contributed by atoms with van der Waals surface area (Å²) < 4.78 is 4.91. The number of nitrogens with one attached hydrogen (secondary N) is 2. The van der Waals surface area contributed by atoms with Crippen LogP contribution in [0.3, 0.4) is 0 Å². The minimum Gasteiger partial charge on any atom is -0.465 e. The van der Waals surface area contributed by atoms with Gasteiger partial charge < -0.3 is 20.3 Å². The standard InChI is InChI=1S/C18H33N5O2/c1-6-23(7-2)11-9-10-14(4)20-18-21-15(5)12-16(22-18)19-13-17(24)25-8-3/h12,14H,6-11,13H2,1-5H3,(H2,19,20,21,22). The van der Waals surface area contributed by atoms with Crippen molar-refractivity contribution in [3.63, 3.8) is 0 Å². The molecule has 0 saturated heterocycles. The number of nitrogens with zero attached hydrogens (tertiary/aromatic N) is 3. The molecule has 7 nitrogen and oxygen atoms in total. The van der Waals surface area contributed by atoms with Crippen molar-refractivity contribution in [1.82, 2.24) is 14.9 Å². The number of hydrogen-bond acceptors (Lipinski definition) is 7. The second-order valence-corrected chi connectivity index (χ2v) is 6.09. The lowest BCUT2D eigenvalue weighted by Gasteiger charge is -2.20. The smallest absolute Gasteiger partial charge is 0.325 e. The first-order valence-electron chi connectivity index (χ1n) is 9.22. The van der Waals surface area contributed by atoms with E-state index < -0.39 is 0 Å². The molecule has 1 unspecified atom stereocenters. The van der Waals surface area contributed by atoms with E-state index in [2.05, 4.69) is 46.3 Å². The molecule has 2 N–H and O–H groups in total. The Bertz CT molecular complexity index is 520. The van der Waals surface area contributed by atoms with Crippen molar-refractivity contribution >= 4 is 17.7 Å². The first-order valence-corrected chi connectivity index (χ1v) is 9.22. The van der Waals surface area contributed by atoms with Gasteiger partial charge in [-0.3, -0.25) is 4.79 Å². The summed E-state index contributed by atoms with van der Waals surface area (Å²) in [4.78, 5) is 22.7. The largest absolute Gasteiger partial charge is 0.465 e. The third-order valence-electron chi connectivity index (χ3n) is 3.95. The van der Waals surface area contributed by atoms with Gasteiger partial charge in [0, 0.05) is 17.8 Å². The molecule has 0 aliphatic rings. The Kier molecular flexibility index (Phi) is 9.84. The summed E-state index contributed by atoms with van der Waals surface area (Å²) >= 11 is 0. The number of anilines is 2. The zero-order chi connectivity index (χ0) is 18.7. The highest BCUT2D eigenvalue weighted by atomic mass is 16.5. The fourth-order valence-corrected chi connectivity index (χ4v) is 2.55. The summed E-state index contributed by atoms with van der Waals surface area (Å²) in [6, 6.07) is 2.10. The lowest BCUT2D eigenvalue weighted by molar-refractivity contribution is -0.140. The minimum absolute atomic E-state index is 0.100. The highest BCUT2D eigenvalue weighted by Crippen LogP contribution is 2.12. The molecule has 1 rings (SSSR count). The monoisotopic (exact) mass is 351 g/mol. The lowest BCUT2D eigenvalue weighted by Crippen LogP contribution is -2.26. The van der Waals surface area contributed by atoms with Crippen molar-refractivity contribution in [3.8, 4) is 0 Å². The van der Waals surface area contributed by atoms with E-state index in [-0.39, 0.29) is 18.6 Å². The fraction of sp³-hybridized carbons (Fsp3) is 0.722. The van der Waals surface area contributed by atoms with Crippen molar-refractivity contribution in [2.75, 3.05) is 43.4 Å². The van der Waals surface area contributed by atoms with E-state index in [0.29, 0.717) is 18.4 Å². The number of rotatable bonds is 12. The van der Waals surface area contributed by atoms with Gasteiger partial charge in [-0.15, -0.1) is 0 Å². The molecule has 1 aromatic rings. The molecule has 1 heterocycles. The molecular formula is C18H33N5O2. The second-order valence-electron chi connectivity index (χ2n) is 6.09. The van der Waals surface area contributed by atoms with E-state index in [9.17, 15) is 4.79 Å². The molecule has 0 aliphatic heterocycles. The highest BCUT2D eigenvalue weighted by Gasteiger charge is 2.09. The number of aromatic nitrogens is 2. The van der Waals surface area contributed by atoms with Gasteiger partial charge in [-0.1, -0.05) is 13.8 Å². The van der Waals surface area contributed by atoms with Gasteiger partial charge in [0.05, 0.1) is 6.61 Å². The molecule has 0 fully saturated rings. The molecule has 0 spiro atoms. The van der Waals surface area contributed by atoms with Crippen molar-refractivity contribution in [3.05, 3.63) is 11.8 Å². The van der Waals surface area contributed by atoms with Gasteiger partial charge in [-0.25, -0.2) is 4.98 Å². The van der Waals surface area contributed by atoms with Crippen molar-refractivity contribution in [2.45, 2.75) is 53.5 Å². The Labute approximate surface area is 151 Å². The lowest BCUT2D eigenvalue weighted by atomic mass is 10.2. The van der Waals surface area contributed by atoms with Crippen LogP contribution in [0, 0.1) is 6.92 Å². The van der Waals surface area contributed by atoms with Crippen LogP contribution in [0.2, 0.25) is 0 Å². The first-order chi connectivity index (χ1) is 12.0. The van der Waals surface area contributed by atoms with E-state index >= 15 is 0 Å². The Balaban J connectivity index is 2.50. The Morgan fingerprint density at radius 2 is 2.00 bits per heavy atom. The van der Waals surface area contributed by atoms with Crippen LogP contribution < -0.4 is 10.6 Å². The van der Waals surface area contributed by atoms with Crippen molar-refractivity contribution in [1.29, 1.82) is 0 Å². The average Bonchev–Trinajstić information content (AvgIpc) is 2.57. The summed E-state index contributed by atoms with van der Waals surface area (Å²) in [6.07, 6.45) is 2.19. The summed E-state index contributed by atoms with van der Waals surface area (Å²) in [5.74, 6) is 0.915. The van der Waals surface area contributed by atoms with E-state index in [0.717, 1.165) is 38.2 Å². The van der Waals surface area contributed by atoms with Crippen LogP contribution in [0.5, 0.6) is 0 Å². The van der Waals surface area contributed by atoms with E-state index in [1.54, 1.807) is 6.92 Å². The number of hydrogen-bond donors (Lipinski definition) is 2. The van der Waals surface area contributed by atoms with E-state index in [4.69, 9.17) is 4.74 Å². The molecule has 0 aliphatic carbocycles. The molecule has 0 aromatic carbocycles. The predicted molar refractivity (Wildman–Crippen MR) is 102 cm³/mol. The number of aryl methyl sites for hydroxylation is 1. The Morgan fingerprint density at radius 1 is 1.28 bits per heavy atom. The van der Waals surface area contributed by atoms with Crippen LogP contribution >= 0.6 is 0 Å². The van der Waals surface area contributed by atoms with Gasteiger partial charge in [-0.2, -0.15) is 4.98 Å². The van der Waals surface area contributed by atoms with Crippen LogP contribution in [-0.4, -0.2) is 59.7 Å². The minimum atomic E-state index is -0.293. The van der Waals surface area contributed by atoms with Gasteiger partial charge in [-0.05, 0) is 53.2 Å². The van der Waals surface area contributed by atoms with Gasteiger partial charge >= 0.3 is 5.97 Å². The second kappa shape index (κ2) is 11.6. The molecule has 25 heavy (non-hydrogen) atoms. The predicted octanol–water partition coefficient (Wildman–Crippen LogP) is 2.68. The Morgan fingerprint density at radius 3 is 2.64 bits per heavy atom. The molecule has 0 amide bonds. The number of ether oxygens (including phenoxy) is 1. The van der Waals surface area contributed by atoms with E-state index in [1.807, 2.05) is 13.0 Å². The Hall–Kier alpha value is -1.89. The number of esters is 1. The average molecular weight is 351 g/mol. The quantitative estimate of drug-likeness (QED) is 0.560. The normalized spacial score (nSPS) is 12.1. The molecule has 0 saturated carbocycles. The first kappa shape index (κ1) is 21.2. The van der Waals surface area contributed by atoms with Crippen LogP contribution in [0.4, 0.5) is 11.8 Å². The SMILES string of the molecule is CCOC(=O)CNc1cc(C)nc(NC(C)CCCN(CC)CC)n1. The summed E-state index contributed by atoms with van der Waals surface area (Å²) in [7, 11) is 0. The maximum atomic E-state index is 11.4. The van der Waals surface area contributed by atoms with Crippen LogP contribution in [0.15, 0.2) is 6.07 Å².